The quantitative estimate of drug-likeness (QED) is 0.643. The number of hydrogen-bond acceptors (Lipinski definition) is 1. The molecule has 0 amide bonds. The highest BCUT2D eigenvalue weighted by atomic mass is 32.1. The Morgan fingerprint density at radius 3 is 2.62 bits per heavy atom. The van der Waals surface area contributed by atoms with Crippen LogP contribution in [0.25, 0.3) is 0 Å². The average molecular weight is 302 g/mol. The molecule has 2 aromatic carbocycles. The van der Waals surface area contributed by atoms with Gasteiger partial charge >= 0.3 is 0 Å². The number of aryl methyl sites for hydroxylation is 2. The van der Waals surface area contributed by atoms with E-state index >= 15 is 0 Å². The summed E-state index contributed by atoms with van der Waals surface area (Å²) in [4.78, 5) is 0. The lowest BCUT2D eigenvalue weighted by molar-refractivity contribution is 0.626. The van der Waals surface area contributed by atoms with E-state index in [0.29, 0.717) is 5.11 Å². The van der Waals surface area contributed by atoms with Crippen LogP contribution in [-0.2, 0) is 6.42 Å². The summed E-state index contributed by atoms with van der Waals surface area (Å²) in [6.07, 6.45) is 1.85. The van der Waals surface area contributed by atoms with Gasteiger partial charge in [-0.1, -0.05) is 24.3 Å². The van der Waals surface area contributed by atoms with Crippen molar-refractivity contribution in [2.45, 2.75) is 19.8 Å². The smallest absolute Gasteiger partial charge is 0.170 e. The predicted molar refractivity (Wildman–Crippen MR) is 90.1 cm³/mol. The molecule has 2 nitrogen and oxygen atoms in total. The molecular weight excluding hydrogens is 283 g/mol. The standard InChI is InChI=1S/C17H19FN2S/c1-13-4-2-6-16(12-13)20-17(21)19-11-3-5-14-7-9-15(18)10-8-14/h2,4,6-10,12H,3,5,11H2,1H3,(H2,19,20,21). The Hall–Kier alpha value is -1.94. The van der Waals surface area contributed by atoms with Crippen LogP contribution in [-0.4, -0.2) is 11.7 Å². The van der Waals surface area contributed by atoms with Crippen LogP contribution >= 0.6 is 12.2 Å². The molecule has 0 aliphatic rings. The van der Waals surface area contributed by atoms with Crippen LogP contribution in [0, 0.1) is 12.7 Å². The summed E-state index contributed by atoms with van der Waals surface area (Å²) in [6.45, 7) is 2.83. The fourth-order valence-electron chi connectivity index (χ4n) is 2.04. The monoisotopic (exact) mass is 302 g/mol. The third-order valence-corrected chi connectivity index (χ3v) is 3.36. The first-order valence-corrected chi connectivity index (χ1v) is 7.40. The lowest BCUT2D eigenvalue weighted by Gasteiger charge is -2.11. The summed E-state index contributed by atoms with van der Waals surface area (Å²) in [5.74, 6) is -0.194. The zero-order valence-electron chi connectivity index (χ0n) is 12.0. The fourth-order valence-corrected chi connectivity index (χ4v) is 2.26. The number of benzene rings is 2. The van der Waals surface area contributed by atoms with Crippen LogP contribution in [0.5, 0.6) is 0 Å². The average Bonchev–Trinajstić information content (AvgIpc) is 2.45. The maximum Gasteiger partial charge on any atom is 0.170 e. The minimum atomic E-state index is -0.194. The largest absolute Gasteiger partial charge is 0.362 e. The Balaban J connectivity index is 1.68. The normalized spacial score (nSPS) is 10.2. The van der Waals surface area contributed by atoms with E-state index in [2.05, 4.69) is 10.6 Å². The van der Waals surface area contributed by atoms with Crippen molar-refractivity contribution in [1.82, 2.24) is 5.32 Å². The molecule has 2 N–H and O–H groups in total. The zero-order chi connectivity index (χ0) is 15.1. The number of hydrogen-bond donors (Lipinski definition) is 2. The van der Waals surface area contributed by atoms with Gasteiger partial charge in [0.1, 0.15) is 5.82 Å². The van der Waals surface area contributed by atoms with Gasteiger partial charge in [0, 0.05) is 12.2 Å². The second-order valence-electron chi connectivity index (χ2n) is 4.98. The molecule has 0 saturated heterocycles. The molecule has 0 aliphatic heterocycles. The van der Waals surface area contributed by atoms with Crippen molar-refractivity contribution in [2.24, 2.45) is 0 Å². The van der Waals surface area contributed by atoms with E-state index in [1.807, 2.05) is 43.3 Å². The van der Waals surface area contributed by atoms with Crippen molar-refractivity contribution in [1.29, 1.82) is 0 Å². The highest BCUT2D eigenvalue weighted by Gasteiger charge is 1.98. The highest BCUT2D eigenvalue weighted by Crippen LogP contribution is 2.09. The third-order valence-electron chi connectivity index (χ3n) is 3.12. The molecule has 4 heteroatoms. The second kappa shape index (κ2) is 7.74. The first kappa shape index (κ1) is 15.4. The van der Waals surface area contributed by atoms with E-state index in [4.69, 9.17) is 12.2 Å². The van der Waals surface area contributed by atoms with E-state index in [1.165, 1.54) is 17.7 Å². The summed E-state index contributed by atoms with van der Waals surface area (Å²) in [7, 11) is 0. The molecule has 0 bridgehead atoms. The van der Waals surface area contributed by atoms with Crippen LogP contribution in [0.2, 0.25) is 0 Å². The number of rotatable bonds is 5. The van der Waals surface area contributed by atoms with Gasteiger partial charge in [0.15, 0.2) is 5.11 Å². The molecule has 0 unspecified atom stereocenters. The lowest BCUT2D eigenvalue weighted by atomic mass is 10.1. The summed E-state index contributed by atoms with van der Waals surface area (Å²) in [5.41, 5.74) is 3.32. The molecule has 21 heavy (non-hydrogen) atoms. The van der Waals surface area contributed by atoms with E-state index in [9.17, 15) is 4.39 Å². The molecule has 0 spiro atoms. The number of anilines is 1. The lowest BCUT2D eigenvalue weighted by Crippen LogP contribution is -2.29. The minimum Gasteiger partial charge on any atom is -0.362 e. The molecule has 2 rings (SSSR count). The Morgan fingerprint density at radius 2 is 1.90 bits per heavy atom. The van der Waals surface area contributed by atoms with Gasteiger partial charge in [0.25, 0.3) is 0 Å². The number of halogens is 1. The first-order valence-electron chi connectivity index (χ1n) is 6.99. The molecule has 0 fully saturated rings. The number of nitrogens with one attached hydrogen (secondary N) is 2. The molecule has 0 atom stereocenters. The van der Waals surface area contributed by atoms with Crippen molar-refractivity contribution in [2.75, 3.05) is 11.9 Å². The van der Waals surface area contributed by atoms with E-state index in [-0.39, 0.29) is 5.82 Å². The zero-order valence-corrected chi connectivity index (χ0v) is 12.8. The van der Waals surface area contributed by atoms with Gasteiger partial charge in [-0.25, -0.2) is 4.39 Å². The molecule has 0 radical (unpaired) electrons. The van der Waals surface area contributed by atoms with Gasteiger partial charge in [0.05, 0.1) is 0 Å². The van der Waals surface area contributed by atoms with Gasteiger partial charge in [-0.05, 0) is 67.4 Å². The first-order chi connectivity index (χ1) is 10.1. The van der Waals surface area contributed by atoms with Gasteiger partial charge in [-0.3, -0.25) is 0 Å². The van der Waals surface area contributed by atoms with Crippen molar-refractivity contribution in [3.63, 3.8) is 0 Å². The van der Waals surface area contributed by atoms with E-state index in [0.717, 1.165) is 30.6 Å². The van der Waals surface area contributed by atoms with Crippen molar-refractivity contribution in [3.8, 4) is 0 Å². The summed E-state index contributed by atoms with van der Waals surface area (Å²) in [5, 5.41) is 6.96. The van der Waals surface area contributed by atoms with Gasteiger partial charge < -0.3 is 10.6 Å². The third kappa shape index (κ3) is 5.52. The van der Waals surface area contributed by atoms with Gasteiger partial charge in [-0.2, -0.15) is 0 Å². The van der Waals surface area contributed by atoms with Crippen molar-refractivity contribution in [3.05, 3.63) is 65.5 Å². The molecule has 110 valence electrons. The van der Waals surface area contributed by atoms with E-state index < -0.39 is 0 Å². The number of thiocarbonyl (C=S) groups is 1. The summed E-state index contributed by atoms with van der Waals surface area (Å²) < 4.78 is 12.8. The van der Waals surface area contributed by atoms with E-state index in [1.54, 1.807) is 0 Å². The highest BCUT2D eigenvalue weighted by molar-refractivity contribution is 7.80. The van der Waals surface area contributed by atoms with Gasteiger partial charge in [0.2, 0.25) is 0 Å². The molecule has 2 aromatic rings. The fraction of sp³-hybridized carbons (Fsp3) is 0.235. The van der Waals surface area contributed by atoms with Crippen LogP contribution < -0.4 is 10.6 Å². The van der Waals surface area contributed by atoms with Crippen LogP contribution in [0.15, 0.2) is 48.5 Å². The minimum absolute atomic E-state index is 0.194. The second-order valence-corrected chi connectivity index (χ2v) is 5.39. The molecular formula is C17H19FN2S. The van der Waals surface area contributed by atoms with Crippen LogP contribution in [0.1, 0.15) is 17.5 Å². The van der Waals surface area contributed by atoms with Crippen LogP contribution in [0.3, 0.4) is 0 Å². The van der Waals surface area contributed by atoms with Crippen molar-refractivity contribution >= 4 is 23.0 Å². The molecule has 0 aliphatic carbocycles. The Morgan fingerprint density at radius 1 is 1.14 bits per heavy atom. The Kier molecular flexibility index (Phi) is 5.69. The maximum atomic E-state index is 12.8. The molecule has 0 saturated carbocycles. The summed E-state index contributed by atoms with van der Waals surface area (Å²) in [6, 6.07) is 14.7. The molecule has 0 heterocycles. The predicted octanol–water partition coefficient (Wildman–Crippen LogP) is 4.05. The Bertz CT molecular complexity index is 596. The molecule has 0 aromatic heterocycles. The Labute approximate surface area is 130 Å². The van der Waals surface area contributed by atoms with Crippen LogP contribution in [0.4, 0.5) is 10.1 Å². The summed E-state index contributed by atoms with van der Waals surface area (Å²) >= 11 is 5.25. The maximum absolute atomic E-state index is 12.8. The topological polar surface area (TPSA) is 24.1 Å². The SMILES string of the molecule is Cc1cccc(NC(=S)NCCCc2ccc(F)cc2)c1. The van der Waals surface area contributed by atoms with Gasteiger partial charge in [-0.15, -0.1) is 0 Å². The van der Waals surface area contributed by atoms with Crippen molar-refractivity contribution < 1.29 is 4.39 Å².